The summed E-state index contributed by atoms with van der Waals surface area (Å²) in [6.07, 6.45) is -2.72. The van der Waals surface area contributed by atoms with Gasteiger partial charge in [-0.1, -0.05) is 0 Å². The van der Waals surface area contributed by atoms with Gasteiger partial charge in [-0.05, 0) is 31.2 Å². The molecule has 0 aliphatic carbocycles. The average Bonchev–Trinajstić information content (AvgIpc) is 2.72. The summed E-state index contributed by atoms with van der Waals surface area (Å²) in [6.45, 7) is 2.10. The summed E-state index contributed by atoms with van der Waals surface area (Å²) in [5.74, 6) is 1.19. The fourth-order valence-corrected chi connectivity index (χ4v) is 1.44. The van der Waals surface area contributed by atoms with Crippen molar-refractivity contribution in [2.45, 2.75) is 19.6 Å². The highest BCUT2D eigenvalue weighted by Gasteiger charge is 2.29. The smallest absolute Gasteiger partial charge is 0.416 e. The molecule has 0 atom stereocenters. The topological polar surface area (TPSA) is 38.1 Å². The summed E-state index contributed by atoms with van der Waals surface area (Å²) in [6, 6.07) is 4.81. The Bertz CT molecular complexity index is 517. The lowest BCUT2D eigenvalue weighted by atomic mass is 10.2. The molecule has 0 amide bonds. The van der Waals surface area contributed by atoms with Gasteiger partial charge in [0.1, 0.15) is 5.76 Å². The van der Waals surface area contributed by atoms with Crippen molar-refractivity contribution >= 4 is 5.69 Å². The third-order valence-electron chi connectivity index (χ3n) is 2.33. The number of nitrogens with zero attached hydrogens (tertiary/aromatic N) is 1. The molecule has 0 radical (unpaired) electrons. The summed E-state index contributed by atoms with van der Waals surface area (Å²) in [7, 11) is 0. The molecule has 0 aliphatic rings. The average molecular weight is 256 g/mol. The van der Waals surface area contributed by atoms with Gasteiger partial charge >= 0.3 is 6.18 Å². The zero-order chi connectivity index (χ0) is 13.2. The second-order valence-corrected chi connectivity index (χ2v) is 3.79. The molecule has 3 nitrogen and oxygen atoms in total. The van der Waals surface area contributed by atoms with Gasteiger partial charge in [0.25, 0.3) is 0 Å². The molecule has 0 bridgehead atoms. The second-order valence-electron chi connectivity index (χ2n) is 3.79. The lowest BCUT2D eigenvalue weighted by Gasteiger charge is -2.08. The number of hydrogen-bond donors (Lipinski definition) is 1. The highest BCUT2D eigenvalue weighted by atomic mass is 19.4. The molecule has 0 aliphatic heterocycles. The fourth-order valence-electron chi connectivity index (χ4n) is 1.44. The number of aryl methyl sites for hydroxylation is 1. The van der Waals surface area contributed by atoms with Crippen LogP contribution in [0.2, 0.25) is 0 Å². The van der Waals surface area contributed by atoms with Gasteiger partial charge in [-0.15, -0.1) is 0 Å². The lowest BCUT2D eigenvalue weighted by Crippen LogP contribution is -2.05. The Balaban J connectivity index is 1.98. The van der Waals surface area contributed by atoms with E-state index in [0.717, 1.165) is 12.1 Å². The predicted molar refractivity (Wildman–Crippen MR) is 60.0 cm³/mol. The number of nitrogens with one attached hydrogen (secondary N) is 1. The zero-order valence-electron chi connectivity index (χ0n) is 9.58. The van der Waals surface area contributed by atoms with E-state index in [2.05, 4.69) is 10.3 Å². The standard InChI is InChI=1S/C12H11F3N2O/c1-8-6-17-11(18-8)7-16-10-4-2-9(3-5-10)12(13,14)15/h2-6,16H,7H2,1H3. The number of anilines is 1. The van der Waals surface area contributed by atoms with Crippen molar-refractivity contribution in [3.63, 3.8) is 0 Å². The number of rotatable bonds is 3. The van der Waals surface area contributed by atoms with E-state index in [4.69, 9.17) is 4.42 Å². The molecular weight excluding hydrogens is 245 g/mol. The molecule has 6 heteroatoms. The van der Waals surface area contributed by atoms with Crippen molar-refractivity contribution in [2.75, 3.05) is 5.32 Å². The maximum Gasteiger partial charge on any atom is 0.416 e. The van der Waals surface area contributed by atoms with Crippen LogP contribution in [0.5, 0.6) is 0 Å². The van der Waals surface area contributed by atoms with E-state index in [0.29, 0.717) is 23.9 Å². The Hall–Kier alpha value is -1.98. The van der Waals surface area contributed by atoms with Crippen LogP contribution in [0, 0.1) is 6.92 Å². The Morgan fingerprint density at radius 1 is 1.22 bits per heavy atom. The van der Waals surface area contributed by atoms with Crippen molar-refractivity contribution in [3.8, 4) is 0 Å². The molecule has 1 N–H and O–H groups in total. The predicted octanol–water partition coefficient (Wildman–Crippen LogP) is 3.61. The van der Waals surface area contributed by atoms with E-state index in [1.54, 1.807) is 13.1 Å². The Morgan fingerprint density at radius 2 is 1.89 bits per heavy atom. The summed E-state index contributed by atoms with van der Waals surface area (Å²) in [5, 5.41) is 2.93. The van der Waals surface area contributed by atoms with Gasteiger partial charge in [-0.25, -0.2) is 4.98 Å². The Morgan fingerprint density at radius 3 is 2.39 bits per heavy atom. The van der Waals surface area contributed by atoms with E-state index in [9.17, 15) is 13.2 Å². The van der Waals surface area contributed by atoms with Crippen LogP contribution in [-0.4, -0.2) is 4.98 Å². The molecule has 0 spiro atoms. The molecular formula is C12H11F3N2O. The molecule has 1 aromatic heterocycles. The molecule has 0 saturated carbocycles. The van der Waals surface area contributed by atoms with E-state index < -0.39 is 11.7 Å². The molecule has 1 aromatic carbocycles. The van der Waals surface area contributed by atoms with Gasteiger partial charge in [-0.3, -0.25) is 0 Å². The third kappa shape index (κ3) is 3.03. The molecule has 0 unspecified atom stereocenters. The Kier molecular flexibility index (Phi) is 3.27. The van der Waals surface area contributed by atoms with Crippen LogP contribution in [0.15, 0.2) is 34.9 Å². The van der Waals surface area contributed by atoms with Gasteiger partial charge in [0.2, 0.25) is 5.89 Å². The molecule has 18 heavy (non-hydrogen) atoms. The fraction of sp³-hybridized carbons (Fsp3) is 0.250. The number of benzene rings is 1. The van der Waals surface area contributed by atoms with Crippen molar-refractivity contribution < 1.29 is 17.6 Å². The van der Waals surface area contributed by atoms with Crippen LogP contribution < -0.4 is 5.32 Å². The minimum absolute atomic E-state index is 0.333. The van der Waals surface area contributed by atoms with E-state index in [1.807, 2.05) is 0 Å². The van der Waals surface area contributed by atoms with Crippen molar-refractivity contribution in [3.05, 3.63) is 47.7 Å². The largest absolute Gasteiger partial charge is 0.444 e. The van der Waals surface area contributed by atoms with Gasteiger partial charge < -0.3 is 9.73 Å². The quantitative estimate of drug-likeness (QED) is 0.911. The van der Waals surface area contributed by atoms with E-state index in [-0.39, 0.29) is 0 Å². The minimum atomic E-state index is -4.31. The van der Waals surface area contributed by atoms with Crippen LogP contribution in [0.1, 0.15) is 17.2 Å². The third-order valence-corrected chi connectivity index (χ3v) is 2.33. The first kappa shape index (κ1) is 12.5. The maximum absolute atomic E-state index is 12.3. The maximum atomic E-state index is 12.3. The van der Waals surface area contributed by atoms with Gasteiger partial charge in [0.15, 0.2) is 0 Å². The minimum Gasteiger partial charge on any atom is -0.444 e. The van der Waals surface area contributed by atoms with Crippen molar-refractivity contribution in [1.29, 1.82) is 0 Å². The van der Waals surface area contributed by atoms with E-state index >= 15 is 0 Å². The van der Waals surface area contributed by atoms with Crippen LogP contribution in [0.25, 0.3) is 0 Å². The highest BCUT2D eigenvalue weighted by Crippen LogP contribution is 2.29. The van der Waals surface area contributed by atoms with Crippen molar-refractivity contribution in [2.24, 2.45) is 0 Å². The first-order chi connectivity index (χ1) is 8.45. The van der Waals surface area contributed by atoms with Gasteiger partial charge in [0, 0.05) is 5.69 Å². The monoisotopic (exact) mass is 256 g/mol. The summed E-state index contributed by atoms with van der Waals surface area (Å²) < 4.78 is 42.2. The molecule has 0 fully saturated rings. The zero-order valence-corrected chi connectivity index (χ0v) is 9.58. The number of halogens is 3. The van der Waals surface area contributed by atoms with Crippen LogP contribution in [0.3, 0.4) is 0 Å². The van der Waals surface area contributed by atoms with Crippen LogP contribution >= 0.6 is 0 Å². The number of oxazole rings is 1. The van der Waals surface area contributed by atoms with Crippen molar-refractivity contribution in [1.82, 2.24) is 4.98 Å². The normalized spacial score (nSPS) is 11.6. The summed E-state index contributed by atoms with van der Waals surface area (Å²) >= 11 is 0. The Labute approximate surface area is 102 Å². The molecule has 0 saturated heterocycles. The number of aromatic nitrogens is 1. The van der Waals surface area contributed by atoms with Crippen LogP contribution in [0.4, 0.5) is 18.9 Å². The van der Waals surface area contributed by atoms with Crippen LogP contribution in [-0.2, 0) is 12.7 Å². The first-order valence-electron chi connectivity index (χ1n) is 5.27. The summed E-state index contributed by atoms with van der Waals surface area (Å²) in [5.41, 5.74) is -0.0844. The second kappa shape index (κ2) is 4.72. The number of alkyl halides is 3. The first-order valence-corrected chi connectivity index (χ1v) is 5.27. The molecule has 2 rings (SSSR count). The van der Waals surface area contributed by atoms with E-state index in [1.165, 1.54) is 12.1 Å². The number of hydrogen-bond acceptors (Lipinski definition) is 3. The molecule has 96 valence electrons. The van der Waals surface area contributed by atoms with Gasteiger partial charge in [0.05, 0.1) is 18.3 Å². The highest BCUT2D eigenvalue weighted by molar-refractivity contribution is 5.45. The van der Waals surface area contributed by atoms with Gasteiger partial charge in [-0.2, -0.15) is 13.2 Å². The summed E-state index contributed by atoms with van der Waals surface area (Å²) in [4.78, 5) is 3.98. The molecule has 2 aromatic rings. The lowest BCUT2D eigenvalue weighted by molar-refractivity contribution is -0.137. The molecule has 1 heterocycles. The SMILES string of the molecule is Cc1cnc(CNc2ccc(C(F)(F)F)cc2)o1.